The van der Waals surface area contributed by atoms with E-state index in [0.717, 1.165) is 0 Å². The Bertz CT molecular complexity index is 1050. The van der Waals surface area contributed by atoms with Gasteiger partial charge >= 0.3 is 11.7 Å². The first kappa shape index (κ1) is 15.4. The maximum atomic E-state index is 13.8. The van der Waals surface area contributed by atoms with Gasteiger partial charge in [-0.15, -0.1) is 0 Å². The molecule has 0 bridgehead atoms. The van der Waals surface area contributed by atoms with Crippen LogP contribution in [0.15, 0.2) is 45.1 Å². The summed E-state index contributed by atoms with van der Waals surface area (Å²) in [7, 11) is 0. The lowest BCUT2D eigenvalue weighted by atomic mass is 9.83. The number of ether oxygens (including phenoxy) is 1. The molecule has 7 nitrogen and oxygen atoms in total. The van der Waals surface area contributed by atoms with Crippen molar-refractivity contribution in [2.45, 2.75) is 19.4 Å². The van der Waals surface area contributed by atoms with Crippen molar-refractivity contribution >= 4 is 11.8 Å². The number of benzene rings is 1. The van der Waals surface area contributed by atoms with Gasteiger partial charge in [-0.1, -0.05) is 12.1 Å². The number of rotatable bonds is 2. The standard InChI is InChI=1S/C17H14FN3O4/c1-2-21-14-13(15(22)20-17(21)24)11(8-4-3-5-9(18)6-8)12-10(19-14)7-25-16(12)23/h3-6,11,19H,2,7H2,1H3,(H,20,22,24)/t11-/m0/s1. The second-order valence-corrected chi connectivity index (χ2v) is 5.85. The quantitative estimate of drug-likeness (QED) is 0.796. The first-order chi connectivity index (χ1) is 12.0. The third-order valence-corrected chi connectivity index (χ3v) is 4.47. The lowest BCUT2D eigenvalue weighted by Gasteiger charge is -2.27. The fraction of sp³-hybridized carbons (Fsp3) is 0.235. The smallest absolute Gasteiger partial charge is 0.337 e. The summed E-state index contributed by atoms with van der Waals surface area (Å²) in [4.78, 5) is 39.1. The molecule has 0 fully saturated rings. The van der Waals surface area contributed by atoms with E-state index in [1.54, 1.807) is 13.0 Å². The molecule has 2 N–H and O–H groups in total. The molecule has 128 valence electrons. The Morgan fingerprint density at radius 2 is 2.12 bits per heavy atom. The second-order valence-electron chi connectivity index (χ2n) is 5.85. The molecule has 0 radical (unpaired) electrons. The minimum atomic E-state index is -0.806. The number of esters is 1. The Morgan fingerprint density at radius 1 is 1.32 bits per heavy atom. The normalized spacial score (nSPS) is 18.5. The number of aromatic nitrogens is 2. The highest BCUT2D eigenvalue weighted by atomic mass is 19.1. The van der Waals surface area contributed by atoms with Gasteiger partial charge in [-0.3, -0.25) is 14.3 Å². The van der Waals surface area contributed by atoms with Crippen molar-refractivity contribution in [3.8, 4) is 0 Å². The van der Waals surface area contributed by atoms with Crippen LogP contribution in [0.25, 0.3) is 0 Å². The Kier molecular flexibility index (Phi) is 3.34. The van der Waals surface area contributed by atoms with Crippen molar-refractivity contribution in [1.82, 2.24) is 9.55 Å². The SMILES string of the molecule is CCn1c2c(c(=O)[nH]c1=O)[C@@H](c1cccc(F)c1)C1=C(COC1=O)N2. The summed E-state index contributed by atoms with van der Waals surface area (Å²) in [5, 5.41) is 2.99. The number of carbonyl (C=O) groups is 1. The molecule has 25 heavy (non-hydrogen) atoms. The average molecular weight is 343 g/mol. The Balaban J connectivity index is 2.07. The van der Waals surface area contributed by atoms with Crippen LogP contribution in [-0.4, -0.2) is 22.1 Å². The predicted octanol–water partition coefficient (Wildman–Crippen LogP) is 1.06. The highest BCUT2D eigenvalue weighted by molar-refractivity contribution is 5.96. The van der Waals surface area contributed by atoms with Crippen LogP contribution < -0.4 is 16.6 Å². The van der Waals surface area contributed by atoms with Gasteiger partial charge in [0.2, 0.25) is 0 Å². The fourth-order valence-electron chi connectivity index (χ4n) is 3.41. The van der Waals surface area contributed by atoms with Gasteiger partial charge in [0.05, 0.1) is 22.8 Å². The Morgan fingerprint density at radius 3 is 2.84 bits per heavy atom. The molecular formula is C17H14FN3O4. The largest absolute Gasteiger partial charge is 0.456 e. The molecule has 4 rings (SSSR count). The van der Waals surface area contributed by atoms with Crippen molar-refractivity contribution in [3.05, 3.63) is 73.3 Å². The van der Waals surface area contributed by atoms with Crippen LogP contribution in [0.3, 0.4) is 0 Å². The van der Waals surface area contributed by atoms with Crippen LogP contribution in [0, 0.1) is 5.82 Å². The number of nitrogens with one attached hydrogen (secondary N) is 2. The summed E-state index contributed by atoms with van der Waals surface area (Å²) in [6, 6.07) is 5.71. The summed E-state index contributed by atoms with van der Waals surface area (Å²) >= 11 is 0. The van der Waals surface area contributed by atoms with Crippen molar-refractivity contribution in [3.63, 3.8) is 0 Å². The third-order valence-electron chi connectivity index (χ3n) is 4.47. The number of hydrogen-bond donors (Lipinski definition) is 2. The summed E-state index contributed by atoms with van der Waals surface area (Å²) < 4.78 is 20.2. The van der Waals surface area contributed by atoms with E-state index in [1.807, 2.05) is 0 Å². The fourth-order valence-corrected chi connectivity index (χ4v) is 3.41. The molecule has 1 aromatic heterocycles. The van der Waals surface area contributed by atoms with Crippen LogP contribution >= 0.6 is 0 Å². The highest BCUT2D eigenvalue weighted by Crippen LogP contribution is 2.42. The number of halogens is 1. The molecule has 0 unspecified atom stereocenters. The van der Waals surface area contributed by atoms with Crippen molar-refractivity contribution in [1.29, 1.82) is 0 Å². The zero-order valence-corrected chi connectivity index (χ0v) is 13.3. The summed E-state index contributed by atoms with van der Waals surface area (Å²) in [6.45, 7) is 2.10. The molecule has 0 aliphatic carbocycles. The van der Waals surface area contributed by atoms with Crippen LogP contribution in [0.4, 0.5) is 10.2 Å². The van der Waals surface area contributed by atoms with E-state index >= 15 is 0 Å². The summed E-state index contributed by atoms with van der Waals surface area (Å²) in [6.07, 6.45) is 0. The molecule has 8 heteroatoms. The Hall–Kier alpha value is -3.16. The molecule has 0 amide bonds. The molecule has 2 aliphatic rings. The van der Waals surface area contributed by atoms with E-state index in [9.17, 15) is 18.8 Å². The van der Waals surface area contributed by atoms with Gasteiger partial charge < -0.3 is 10.1 Å². The van der Waals surface area contributed by atoms with E-state index in [1.165, 1.54) is 22.8 Å². The van der Waals surface area contributed by atoms with Crippen LogP contribution in [0.5, 0.6) is 0 Å². The van der Waals surface area contributed by atoms with Crippen LogP contribution in [0.1, 0.15) is 24.0 Å². The maximum Gasteiger partial charge on any atom is 0.337 e. The number of nitrogens with zero attached hydrogens (tertiary/aromatic N) is 1. The lowest BCUT2D eigenvalue weighted by Crippen LogP contribution is -2.38. The number of carbonyl (C=O) groups excluding carboxylic acids is 1. The van der Waals surface area contributed by atoms with E-state index in [0.29, 0.717) is 23.6 Å². The van der Waals surface area contributed by atoms with Gasteiger partial charge in [-0.25, -0.2) is 14.0 Å². The van der Waals surface area contributed by atoms with Crippen molar-refractivity contribution < 1.29 is 13.9 Å². The van der Waals surface area contributed by atoms with E-state index < -0.39 is 29.0 Å². The molecule has 2 aromatic rings. The molecule has 3 heterocycles. The topological polar surface area (TPSA) is 93.2 Å². The second kappa shape index (κ2) is 5.44. The Labute approximate surface area is 140 Å². The maximum absolute atomic E-state index is 13.8. The van der Waals surface area contributed by atoms with E-state index in [2.05, 4.69) is 10.3 Å². The monoisotopic (exact) mass is 343 g/mol. The minimum absolute atomic E-state index is 0.0180. The van der Waals surface area contributed by atoms with Gasteiger partial charge in [0.1, 0.15) is 18.2 Å². The first-order valence-electron chi connectivity index (χ1n) is 7.81. The van der Waals surface area contributed by atoms with Gasteiger partial charge in [0.15, 0.2) is 0 Å². The number of hydrogen-bond acceptors (Lipinski definition) is 5. The molecule has 0 spiro atoms. The molecule has 1 aromatic carbocycles. The lowest BCUT2D eigenvalue weighted by molar-refractivity contribution is -0.136. The van der Waals surface area contributed by atoms with Gasteiger partial charge in [0, 0.05) is 6.54 Å². The average Bonchev–Trinajstić information content (AvgIpc) is 2.94. The summed E-state index contributed by atoms with van der Waals surface area (Å²) in [5.41, 5.74) is 0.234. The number of aromatic amines is 1. The zero-order valence-electron chi connectivity index (χ0n) is 13.3. The van der Waals surface area contributed by atoms with Gasteiger partial charge in [-0.05, 0) is 24.6 Å². The molecule has 2 aliphatic heterocycles. The predicted molar refractivity (Wildman–Crippen MR) is 86.8 cm³/mol. The van der Waals surface area contributed by atoms with E-state index in [-0.39, 0.29) is 17.7 Å². The molecular weight excluding hydrogens is 329 g/mol. The van der Waals surface area contributed by atoms with Gasteiger partial charge in [0.25, 0.3) is 5.56 Å². The van der Waals surface area contributed by atoms with E-state index in [4.69, 9.17) is 4.74 Å². The van der Waals surface area contributed by atoms with Crippen molar-refractivity contribution in [2.75, 3.05) is 11.9 Å². The third kappa shape index (κ3) is 2.21. The van der Waals surface area contributed by atoms with Gasteiger partial charge in [-0.2, -0.15) is 0 Å². The highest BCUT2D eigenvalue weighted by Gasteiger charge is 2.41. The number of fused-ring (bicyclic) bond motifs is 1. The molecule has 1 atom stereocenters. The number of cyclic esters (lactones) is 1. The molecule has 0 saturated carbocycles. The first-order valence-corrected chi connectivity index (χ1v) is 7.81. The zero-order chi connectivity index (χ0) is 17.7. The molecule has 0 saturated heterocycles. The van der Waals surface area contributed by atoms with Crippen molar-refractivity contribution in [2.24, 2.45) is 0 Å². The number of anilines is 1. The van der Waals surface area contributed by atoms with Crippen LogP contribution in [0.2, 0.25) is 0 Å². The number of H-pyrrole nitrogens is 1. The minimum Gasteiger partial charge on any atom is -0.456 e. The summed E-state index contributed by atoms with van der Waals surface area (Å²) in [5.74, 6) is -1.54. The van der Waals surface area contributed by atoms with Crippen LogP contribution in [-0.2, 0) is 16.1 Å².